The number of rotatable bonds is 26. The standard InChI is InChI=1S/C35H67N15O7/c36-14-13-24(32(55)50-26-12-2-1-8-20(26)18-27(50)31(54)49-25(33(56)57)11-7-17-46-35(42)43)48-28(51)21(38)9-3-5-15-44-30(53)23(47-29(52)22(39)19-37)10-4-6-16-45-34(40)41/h20-27H,1-19,36-39H2,(H,44,53)(H,47,52)(H,48,51)(H,49,54)(H,56,57)(H4,40,41,45)(H4,42,43,46)/t20?,21-,22-,23-,24-,25-,26?,27-/m0/s1. The Morgan fingerprint density at radius 3 is 1.91 bits per heavy atom. The lowest BCUT2D eigenvalue weighted by Crippen LogP contribution is -2.59. The molecular formula is C35H67N15O7. The molecule has 0 radical (unpaired) electrons. The van der Waals surface area contributed by atoms with Crippen molar-refractivity contribution in [2.24, 2.45) is 61.8 Å². The lowest BCUT2D eigenvalue weighted by molar-refractivity contribution is -0.146. The average Bonchev–Trinajstić information content (AvgIpc) is 3.56. The lowest BCUT2D eigenvalue weighted by atomic mass is 9.84. The Bertz CT molecular complexity index is 1390. The molecule has 1 aliphatic carbocycles. The van der Waals surface area contributed by atoms with E-state index in [2.05, 4.69) is 31.3 Å². The number of hydrogen-bond donors (Lipinski definition) is 13. The van der Waals surface area contributed by atoms with Gasteiger partial charge < -0.3 is 77.1 Å². The predicted octanol–water partition coefficient (Wildman–Crippen LogP) is -4.57. The highest BCUT2D eigenvalue weighted by atomic mass is 16.4. The van der Waals surface area contributed by atoms with Gasteiger partial charge in [-0.05, 0) is 89.5 Å². The van der Waals surface area contributed by atoms with Crippen LogP contribution >= 0.6 is 0 Å². The van der Waals surface area contributed by atoms with Crippen molar-refractivity contribution < 1.29 is 33.9 Å². The summed E-state index contributed by atoms with van der Waals surface area (Å²) in [5, 5.41) is 20.6. The second-order valence-electron chi connectivity index (χ2n) is 14.7. The number of nitrogens with one attached hydrogen (secondary N) is 4. The summed E-state index contributed by atoms with van der Waals surface area (Å²) in [7, 11) is 0. The number of amides is 5. The number of carboxylic acids is 1. The number of aliphatic carboxylic acids is 1. The van der Waals surface area contributed by atoms with E-state index in [0.717, 1.165) is 19.3 Å². The van der Waals surface area contributed by atoms with Crippen molar-refractivity contribution >= 4 is 47.4 Å². The summed E-state index contributed by atoms with van der Waals surface area (Å²) < 4.78 is 0. The van der Waals surface area contributed by atoms with E-state index in [1.165, 1.54) is 4.90 Å². The first-order chi connectivity index (χ1) is 27.1. The van der Waals surface area contributed by atoms with Gasteiger partial charge in [0, 0.05) is 32.2 Å². The van der Waals surface area contributed by atoms with E-state index >= 15 is 0 Å². The van der Waals surface area contributed by atoms with E-state index in [1.807, 2.05) is 0 Å². The summed E-state index contributed by atoms with van der Waals surface area (Å²) in [5.41, 5.74) is 44.7. The zero-order chi connectivity index (χ0) is 42.5. The van der Waals surface area contributed by atoms with Gasteiger partial charge in [0.2, 0.25) is 29.5 Å². The molecule has 22 nitrogen and oxygen atoms in total. The summed E-state index contributed by atoms with van der Waals surface area (Å²) in [6, 6.07) is -6.26. The number of nitrogens with zero attached hydrogens (tertiary/aromatic N) is 3. The third-order valence-corrected chi connectivity index (χ3v) is 10.3. The highest BCUT2D eigenvalue weighted by Crippen LogP contribution is 2.40. The van der Waals surface area contributed by atoms with Gasteiger partial charge >= 0.3 is 5.97 Å². The number of guanidine groups is 2. The van der Waals surface area contributed by atoms with Gasteiger partial charge in [-0.3, -0.25) is 34.0 Å². The van der Waals surface area contributed by atoms with E-state index in [9.17, 15) is 33.9 Å². The molecule has 2 fully saturated rings. The molecular weight excluding hydrogens is 742 g/mol. The second-order valence-corrected chi connectivity index (χ2v) is 14.7. The summed E-state index contributed by atoms with van der Waals surface area (Å²) in [4.78, 5) is 87.8. The Morgan fingerprint density at radius 1 is 0.684 bits per heavy atom. The molecule has 5 amide bonds. The minimum atomic E-state index is -1.22. The number of nitrogens with two attached hydrogens (primary N) is 8. The van der Waals surface area contributed by atoms with Gasteiger partial charge in [0.1, 0.15) is 24.2 Å². The maximum atomic E-state index is 14.2. The van der Waals surface area contributed by atoms with Gasteiger partial charge in [-0.1, -0.05) is 12.8 Å². The Hall–Kier alpha value is -4.80. The fourth-order valence-corrected chi connectivity index (χ4v) is 7.20. The van der Waals surface area contributed by atoms with Crippen LogP contribution in [-0.2, 0) is 28.8 Å². The number of carbonyl (C=O) groups excluding carboxylic acids is 5. The van der Waals surface area contributed by atoms with Gasteiger partial charge in [0.25, 0.3) is 0 Å². The largest absolute Gasteiger partial charge is 0.480 e. The molecule has 8 atom stereocenters. The molecule has 22 heteroatoms. The summed E-state index contributed by atoms with van der Waals surface area (Å²) >= 11 is 0. The number of carbonyl (C=O) groups is 6. The van der Waals surface area contributed by atoms with E-state index in [1.54, 1.807) is 0 Å². The maximum Gasteiger partial charge on any atom is 0.326 e. The Balaban J connectivity index is 2.00. The zero-order valence-corrected chi connectivity index (χ0v) is 32.9. The highest BCUT2D eigenvalue weighted by Gasteiger charge is 2.49. The topological polar surface area (TPSA) is 407 Å². The van der Waals surface area contributed by atoms with Crippen LogP contribution in [0.4, 0.5) is 0 Å². The predicted molar refractivity (Wildman–Crippen MR) is 214 cm³/mol. The first-order valence-corrected chi connectivity index (χ1v) is 19.9. The van der Waals surface area contributed by atoms with Crippen molar-refractivity contribution in [2.75, 3.05) is 32.7 Å². The number of likely N-dealkylation sites (tertiary alicyclic amines) is 1. The van der Waals surface area contributed by atoms with Crippen LogP contribution in [0, 0.1) is 5.92 Å². The molecule has 21 N–H and O–H groups in total. The molecule has 1 saturated carbocycles. The van der Waals surface area contributed by atoms with Crippen molar-refractivity contribution in [3.05, 3.63) is 0 Å². The Morgan fingerprint density at radius 2 is 1.28 bits per heavy atom. The van der Waals surface area contributed by atoms with Crippen molar-refractivity contribution in [1.29, 1.82) is 0 Å². The van der Waals surface area contributed by atoms with Crippen LogP contribution in [0.2, 0.25) is 0 Å². The number of hydrogen-bond acceptors (Lipinski definition) is 12. The van der Waals surface area contributed by atoms with Gasteiger partial charge in [-0.15, -0.1) is 0 Å². The second kappa shape index (κ2) is 25.5. The first kappa shape index (κ1) is 48.3. The van der Waals surface area contributed by atoms with E-state index in [0.29, 0.717) is 57.9 Å². The molecule has 324 valence electrons. The van der Waals surface area contributed by atoms with Crippen molar-refractivity contribution in [2.45, 2.75) is 132 Å². The van der Waals surface area contributed by atoms with Gasteiger partial charge in [0.15, 0.2) is 11.9 Å². The van der Waals surface area contributed by atoms with Crippen LogP contribution in [-0.4, -0.2) is 132 Å². The number of carboxylic acid groups (broad SMARTS) is 1. The van der Waals surface area contributed by atoms with Gasteiger partial charge in [0.05, 0.1) is 12.1 Å². The van der Waals surface area contributed by atoms with Crippen LogP contribution < -0.4 is 67.1 Å². The molecule has 57 heavy (non-hydrogen) atoms. The van der Waals surface area contributed by atoms with Crippen LogP contribution in [0.25, 0.3) is 0 Å². The molecule has 1 aliphatic heterocycles. The minimum Gasteiger partial charge on any atom is -0.480 e. The SMILES string of the molecule is NCC[C@H](NC(=O)[C@@H](N)CCCCNC(=O)[C@H](CCCCN=C(N)N)NC(=O)[C@@H](N)CN)C(=O)N1C2CCCCC2C[C@H]1C(=O)N[C@@H](CCCN=C(N)N)C(=O)O. The third-order valence-electron chi connectivity index (χ3n) is 10.3. The van der Waals surface area contributed by atoms with Crippen LogP contribution in [0.1, 0.15) is 89.9 Å². The molecule has 1 heterocycles. The normalized spacial score (nSPS) is 20.1. The summed E-state index contributed by atoms with van der Waals surface area (Å²) in [6.07, 6.45) is 6.75. The maximum absolute atomic E-state index is 14.2. The minimum absolute atomic E-state index is 0.0365. The molecule has 0 spiro atoms. The molecule has 2 rings (SSSR count). The smallest absolute Gasteiger partial charge is 0.326 e. The third kappa shape index (κ3) is 16.7. The number of unbranched alkanes of at least 4 members (excludes halogenated alkanes) is 2. The number of fused-ring (bicyclic) bond motifs is 1. The molecule has 0 bridgehead atoms. The van der Waals surface area contributed by atoms with E-state index in [4.69, 9.17) is 45.9 Å². The molecule has 2 aliphatic rings. The van der Waals surface area contributed by atoms with Crippen molar-refractivity contribution in [3.8, 4) is 0 Å². The molecule has 0 aromatic rings. The fraction of sp³-hybridized carbons (Fsp3) is 0.771. The molecule has 0 aromatic carbocycles. The van der Waals surface area contributed by atoms with Gasteiger partial charge in [-0.25, -0.2) is 4.79 Å². The monoisotopic (exact) mass is 810 g/mol. The fourth-order valence-electron chi connectivity index (χ4n) is 7.20. The van der Waals surface area contributed by atoms with Crippen LogP contribution in [0.5, 0.6) is 0 Å². The first-order valence-electron chi connectivity index (χ1n) is 19.9. The highest BCUT2D eigenvalue weighted by molar-refractivity contribution is 5.95. The van der Waals surface area contributed by atoms with E-state index < -0.39 is 71.8 Å². The van der Waals surface area contributed by atoms with Gasteiger partial charge in [-0.2, -0.15) is 0 Å². The number of aliphatic imine (C=N–C) groups is 2. The summed E-state index contributed by atoms with van der Waals surface area (Å²) in [6.45, 7) is 0.785. The molecule has 0 aromatic heterocycles. The molecule has 2 unspecified atom stereocenters. The lowest BCUT2D eigenvalue weighted by Gasteiger charge is -2.36. The van der Waals surface area contributed by atoms with Crippen molar-refractivity contribution in [1.82, 2.24) is 26.2 Å². The van der Waals surface area contributed by atoms with Crippen molar-refractivity contribution in [3.63, 3.8) is 0 Å². The average molecular weight is 810 g/mol. The van der Waals surface area contributed by atoms with Crippen LogP contribution in [0.15, 0.2) is 9.98 Å². The Labute approximate surface area is 333 Å². The zero-order valence-electron chi connectivity index (χ0n) is 32.9. The molecule has 1 saturated heterocycles. The summed E-state index contributed by atoms with van der Waals surface area (Å²) in [5.74, 6) is -3.91. The Kier molecular flexibility index (Phi) is 21.6. The quantitative estimate of drug-likeness (QED) is 0.0222. The van der Waals surface area contributed by atoms with Crippen LogP contribution in [0.3, 0.4) is 0 Å². The van der Waals surface area contributed by atoms with E-state index in [-0.39, 0.29) is 69.3 Å².